The van der Waals surface area contributed by atoms with E-state index in [-0.39, 0.29) is 0 Å². The summed E-state index contributed by atoms with van der Waals surface area (Å²) in [7, 11) is -3.57. The van der Waals surface area contributed by atoms with Crippen molar-refractivity contribution in [1.82, 2.24) is 0 Å². The van der Waals surface area contributed by atoms with Crippen LogP contribution in [0.1, 0.15) is 27.7 Å². The van der Waals surface area contributed by atoms with Crippen molar-refractivity contribution >= 4 is 9.05 Å². The van der Waals surface area contributed by atoms with E-state index in [1.54, 1.807) is 27.7 Å². The zero-order chi connectivity index (χ0) is 13.0. The van der Waals surface area contributed by atoms with Crippen LogP contribution >= 0.6 is 0 Å². The second kappa shape index (κ2) is 8.92. The van der Waals surface area contributed by atoms with Gasteiger partial charge in [-0.3, -0.25) is 0 Å². The van der Waals surface area contributed by atoms with Crippen molar-refractivity contribution in [3.8, 4) is 48.1 Å². The molecule has 0 aliphatic heterocycles. The fourth-order valence-electron chi connectivity index (χ4n) is 0.579. The zero-order valence-electron chi connectivity index (χ0n) is 10.1. The van der Waals surface area contributed by atoms with Gasteiger partial charge in [-0.1, -0.05) is 23.7 Å². The van der Waals surface area contributed by atoms with Gasteiger partial charge in [0.25, 0.3) is 0 Å². The molecule has 0 rings (SSSR count). The van der Waals surface area contributed by atoms with Crippen molar-refractivity contribution in [2.45, 2.75) is 27.7 Å². The molecule has 5 heteroatoms. The van der Waals surface area contributed by atoms with Crippen molar-refractivity contribution in [2.75, 3.05) is 0 Å². The Kier molecular flexibility index (Phi) is 7.69. The van der Waals surface area contributed by atoms with Gasteiger partial charge in [-0.2, -0.15) is 0 Å². The summed E-state index contributed by atoms with van der Waals surface area (Å²) in [6.45, 7) is 6.40. The number of rotatable bonds is 4. The second-order valence-corrected chi connectivity index (χ2v) is 4.13. The van der Waals surface area contributed by atoms with E-state index < -0.39 is 9.05 Å². The van der Waals surface area contributed by atoms with Gasteiger partial charge in [0.2, 0.25) is 0 Å². The van der Waals surface area contributed by atoms with E-state index in [1.165, 1.54) is 0 Å². The van der Waals surface area contributed by atoms with E-state index >= 15 is 0 Å². The maximum atomic E-state index is 5.09. The number of hydrogen-bond acceptors (Lipinski definition) is 4. The maximum absolute atomic E-state index is 5.09. The molecule has 0 aromatic rings. The Labute approximate surface area is 103 Å². The third kappa shape index (κ3) is 5.95. The van der Waals surface area contributed by atoms with Gasteiger partial charge < -0.3 is 17.7 Å². The molecule has 0 aromatic carbocycles. The van der Waals surface area contributed by atoms with Crippen molar-refractivity contribution < 1.29 is 17.7 Å². The standard InChI is InChI=1S/C12H12O4Si/c1-5-9-13-17(14-10-6-2,15-11-7-3)16-12-8-4/h1-4H3. The first-order chi connectivity index (χ1) is 8.24. The van der Waals surface area contributed by atoms with Crippen molar-refractivity contribution in [3.05, 3.63) is 0 Å². The van der Waals surface area contributed by atoms with Gasteiger partial charge in [0, 0.05) is 27.7 Å². The van der Waals surface area contributed by atoms with Gasteiger partial charge in [0.15, 0.2) is 0 Å². The highest BCUT2D eigenvalue weighted by atomic mass is 28.4. The van der Waals surface area contributed by atoms with Crippen molar-refractivity contribution in [1.29, 1.82) is 0 Å². The molecule has 17 heavy (non-hydrogen) atoms. The summed E-state index contributed by atoms with van der Waals surface area (Å²) in [6.07, 6.45) is 9.40. The quantitative estimate of drug-likeness (QED) is 0.557. The Hall–Kier alpha value is -2.34. The van der Waals surface area contributed by atoms with Gasteiger partial charge in [-0.15, -0.1) is 0 Å². The summed E-state index contributed by atoms with van der Waals surface area (Å²) in [5.74, 6) is 10.1. The Bertz CT molecular complexity index is 374. The van der Waals surface area contributed by atoms with Gasteiger partial charge in [0.05, 0.1) is 0 Å². The molecule has 0 aliphatic rings. The molecule has 0 unspecified atom stereocenters. The minimum absolute atomic E-state index is 1.60. The predicted octanol–water partition coefficient (Wildman–Crippen LogP) is 1.41. The van der Waals surface area contributed by atoms with Crippen LogP contribution in [0.5, 0.6) is 0 Å². The van der Waals surface area contributed by atoms with Crippen LogP contribution in [0, 0.1) is 48.1 Å². The summed E-state index contributed by atoms with van der Waals surface area (Å²) in [5, 5.41) is 0. The van der Waals surface area contributed by atoms with E-state index in [9.17, 15) is 0 Å². The molecule has 0 spiro atoms. The van der Waals surface area contributed by atoms with Gasteiger partial charge in [-0.25, -0.2) is 0 Å². The summed E-state index contributed by atoms with van der Waals surface area (Å²) >= 11 is 0. The van der Waals surface area contributed by atoms with Crippen LogP contribution in [0.25, 0.3) is 0 Å². The summed E-state index contributed by atoms with van der Waals surface area (Å²) < 4.78 is 20.4. The van der Waals surface area contributed by atoms with Crippen LogP contribution in [0.2, 0.25) is 0 Å². The smallest absolute Gasteiger partial charge is 0.399 e. The van der Waals surface area contributed by atoms with Crippen LogP contribution in [-0.2, 0) is 17.7 Å². The molecular weight excluding hydrogens is 236 g/mol. The van der Waals surface area contributed by atoms with Crippen LogP contribution in [0.15, 0.2) is 0 Å². The molecule has 0 aliphatic carbocycles. The third-order valence-corrected chi connectivity index (χ3v) is 2.52. The SMILES string of the molecule is CC#CO[Si](OC#CC)(OC#CC)OC#CC. The molecule has 0 atom stereocenters. The Morgan fingerprint density at radius 2 is 0.765 bits per heavy atom. The highest BCUT2D eigenvalue weighted by Gasteiger charge is 2.58. The molecule has 0 bridgehead atoms. The molecule has 0 saturated carbocycles. The van der Waals surface area contributed by atoms with Crippen molar-refractivity contribution in [2.24, 2.45) is 0 Å². The molecule has 0 aromatic heterocycles. The molecule has 0 fully saturated rings. The first-order valence-electron chi connectivity index (χ1n) is 4.63. The molecule has 0 saturated heterocycles. The third-order valence-electron chi connectivity index (χ3n) is 1.11. The minimum Gasteiger partial charge on any atom is -0.399 e. The topological polar surface area (TPSA) is 36.9 Å². The van der Waals surface area contributed by atoms with Gasteiger partial charge in [0.1, 0.15) is 24.4 Å². The predicted molar refractivity (Wildman–Crippen MR) is 63.9 cm³/mol. The van der Waals surface area contributed by atoms with E-state index in [0.717, 1.165) is 0 Å². The lowest BCUT2D eigenvalue weighted by atomic mass is 10.8. The van der Waals surface area contributed by atoms with Gasteiger partial charge >= 0.3 is 9.05 Å². The molecule has 88 valence electrons. The molecular formula is C12H12O4Si. The largest absolute Gasteiger partial charge is 1.00 e. The number of hydrogen-bond donors (Lipinski definition) is 0. The van der Waals surface area contributed by atoms with Crippen LogP contribution in [0.4, 0.5) is 0 Å². The Balaban J connectivity index is 5.05. The molecule has 0 N–H and O–H groups in total. The fraction of sp³-hybridized carbons (Fsp3) is 0.333. The average molecular weight is 248 g/mol. The highest BCUT2D eigenvalue weighted by molar-refractivity contribution is 6.55. The fourth-order valence-corrected chi connectivity index (χ4v) is 1.74. The monoisotopic (exact) mass is 248 g/mol. The first-order valence-corrected chi connectivity index (χ1v) is 6.27. The van der Waals surface area contributed by atoms with E-state index in [4.69, 9.17) is 17.7 Å². The van der Waals surface area contributed by atoms with Crippen molar-refractivity contribution in [3.63, 3.8) is 0 Å². The highest BCUT2D eigenvalue weighted by Crippen LogP contribution is 2.09. The summed E-state index contributed by atoms with van der Waals surface area (Å²) in [5.41, 5.74) is 0. The summed E-state index contributed by atoms with van der Waals surface area (Å²) in [6, 6.07) is 0. The molecule has 4 nitrogen and oxygen atoms in total. The minimum atomic E-state index is -3.57. The lowest BCUT2D eigenvalue weighted by molar-refractivity contribution is 0.107. The Morgan fingerprint density at radius 3 is 0.941 bits per heavy atom. The van der Waals surface area contributed by atoms with E-state index in [2.05, 4.69) is 48.1 Å². The lowest BCUT2D eigenvalue weighted by Crippen LogP contribution is -2.44. The molecule has 0 radical (unpaired) electrons. The second-order valence-electron chi connectivity index (χ2n) is 2.32. The molecule has 0 amide bonds. The van der Waals surface area contributed by atoms with E-state index in [0.29, 0.717) is 0 Å². The van der Waals surface area contributed by atoms with E-state index in [1.807, 2.05) is 0 Å². The normalized spacial score (nSPS) is 7.29. The van der Waals surface area contributed by atoms with Crippen LogP contribution < -0.4 is 0 Å². The lowest BCUT2D eigenvalue weighted by Gasteiger charge is -2.15. The summed E-state index contributed by atoms with van der Waals surface area (Å²) in [4.78, 5) is 0. The van der Waals surface area contributed by atoms with Gasteiger partial charge in [-0.05, 0) is 0 Å². The average Bonchev–Trinajstić information content (AvgIpc) is 2.37. The molecule has 0 heterocycles. The van der Waals surface area contributed by atoms with Crippen LogP contribution in [0.3, 0.4) is 0 Å². The first kappa shape index (κ1) is 14.7. The van der Waals surface area contributed by atoms with Crippen LogP contribution in [-0.4, -0.2) is 9.05 Å². The Morgan fingerprint density at radius 1 is 0.529 bits per heavy atom. The zero-order valence-corrected chi connectivity index (χ0v) is 11.1. The maximum Gasteiger partial charge on any atom is 1.00 e.